The summed E-state index contributed by atoms with van der Waals surface area (Å²) in [4.78, 5) is 37.0. The molecule has 2 amide bonds. The fraction of sp³-hybridized carbons (Fsp3) is 0.667. The molecule has 33 heavy (non-hydrogen) atoms. The highest BCUT2D eigenvalue weighted by molar-refractivity contribution is 5.83. The molecule has 1 N–H and O–H groups in total. The van der Waals surface area contributed by atoms with Gasteiger partial charge in [-0.15, -0.1) is 0 Å². The van der Waals surface area contributed by atoms with Crippen molar-refractivity contribution in [2.45, 2.75) is 45.1 Å². The molecule has 0 radical (unpaired) electrons. The molecule has 1 aliphatic carbocycles. The average Bonchev–Trinajstić information content (AvgIpc) is 3.31. The number of rotatable bonds is 3. The van der Waals surface area contributed by atoms with Crippen LogP contribution in [0, 0.1) is 11.8 Å². The maximum absolute atomic E-state index is 13.2. The molecular formula is C24H33N7O2. The van der Waals surface area contributed by atoms with E-state index in [0.29, 0.717) is 32.1 Å². The van der Waals surface area contributed by atoms with Crippen LogP contribution in [0.15, 0.2) is 12.3 Å². The van der Waals surface area contributed by atoms with Crippen LogP contribution in [0.1, 0.15) is 43.4 Å². The highest BCUT2D eigenvalue weighted by atomic mass is 16.2. The Hall–Kier alpha value is -2.68. The van der Waals surface area contributed by atoms with E-state index in [4.69, 9.17) is 4.98 Å². The molecule has 9 heteroatoms. The zero-order chi connectivity index (χ0) is 22.4. The number of hydrogen-bond acceptors (Lipinski definition) is 6. The van der Waals surface area contributed by atoms with Crippen molar-refractivity contribution in [3.63, 3.8) is 0 Å². The minimum Gasteiger partial charge on any atom is -0.354 e. The smallest absolute Gasteiger partial charge is 0.229 e. The van der Waals surface area contributed by atoms with Crippen LogP contribution >= 0.6 is 0 Å². The molecular weight excluding hydrogens is 418 g/mol. The summed E-state index contributed by atoms with van der Waals surface area (Å²) in [5.41, 5.74) is 3.21. The molecule has 0 atom stereocenters. The second kappa shape index (κ2) is 8.59. The second-order valence-corrected chi connectivity index (χ2v) is 9.98. The first-order valence-electron chi connectivity index (χ1n) is 12.6. The summed E-state index contributed by atoms with van der Waals surface area (Å²) in [5, 5.41) is 7.91. The van der Waals surface area contributed by atoms with Crippen molar-refractivity contribution in [3.05, 3.63) is 23.5 Å². The van der Waals surface area contributed by atoms with E-state index >= 15 is 0 Å². The molecule has 9 nitrogen and oxygen atoms in total. The minimum absolute atomic E-state index is 0.0155. The molecule has 0 unspecified atom stereocenters. The molecule has 0 spiro atoms. The molecule has 5 heterocycles. The highest BCUT2D eigenvalue weighted by Gasteiger charge is 2.39. The Morgan fingerprint density at radius 3 is 2.36 bits per heavy atom. The number of carbonyl (C=O) groups is 2. The normalized spacial score (nSPS) is 22.4. The van der Waals surface area contributed by atoms with Crippen LogP contribution in [-0.2, 0) is 22.6 Å². The Bertz CT molecular complexity index is 1050. The Labute approximate surface area is 194 Å². The van der Waals surface area contributed by atoms with E-state index in [2.05, 4.69) is 15.3 Å². The third-order valence-electron chi connectivity index (χ3n) is 7.92. The fourth-order valence-corrected chi connectivity index (χ4v) is 5.98. The summed E-state index contributed by atoms with van der Waals surface area (Å²) in [6, 6.07) is 1.94. The number of hydrogen-bond donors (Lipinski definition) is 1. The molecule has 3 fully saturated rings. The van der Waals surface area contributed by atoms with E-state index in [0.717, 1.165) is 62.6 Å². The summed E-state index contributed by atoms with van der Waals surface area (Å²) in [7, 11) is 0. The SMILES string of the molecule is O=C(C1CCCCC1)N1CCN(C(=O)C2CN(c3c4c(nc5ccnn35)CNCC4)C2)CC1. The Morgan fingerprint density at radius 2 is 1.64 bits per heavy atom. The van der Waals surface area contributed by atoms with E-state index in [9.17, 15) is 9.59 Å². The van der Waals surface area contributed by atoms with Gasteiger partial charge in [-0.1, -0.05) is 19.3 Å². The van der Waals surface area contributed by atoms with E-state index in [1.165, 1.54) is 24.8 Å². The topological polar surface area (TPSA) is 86.1 Å². The van der Waals surface area contributed by atoms with Gasteiger partial charge in [0, 0.05) is 63.4 Å². The van der Waals surface area contributed by atoms with Crippen LogP contribution in [0.25, 0.3) is 5.65 Å². The number of aromatic nitrogens is 3. The van der Waals surface area contributed by atoms with Gasteiger partial charge in [0.2, 0.25) is 11.8 Å². The Morgan fingerprint density at radius 1 is 0.939 bits per heavy atom. The van der Waals surface area contributed by atoms with Crippen LogP contribution in [-0.4, -0.2) is 82.0 Å². The number of amides is 2. The van der Waals surface area contributed by atoms with Crippen molar-refractivity contribution < 1.29 is 9.59 Å². The van der Waals surface area contributed by atoms with Gasteiger partial charge < -0.3 is 20.0 Å². The van der Waals surface area contributed by atoms with Crippen molar-refractivity contribution in [2.75, 3.05) is 50.7 Å². The van der Waals surface area contributed by atoms with Crippen molar-refractivity contribution in [3.8, 4) is 0 Å². The van der Waals surface area contributed by atoms with Crippen molar-refractivity contribution >= 4 is 23.3 Å². The lowest BCUT2D eigenvalue weighted by atomic mass is 9.88. The van der Waals surface area contributed by atoms with Crippen molar-refractivity contribution in [1.82, 2.24) is 29.7 Å². The summed E-state index contributed by atoms with van der Waals surface area (Å²) in [6.07, 6.45) is 8.41. The number of fused-ring (bicyclic) bond motifs is 2. The summed E-state index contributed by atoms with van der Waals surface area (Å²) in [5.74, 6) is 1.88. The van der Waals surface area contributed by atoms with Crippen LogP contribution in [0.4, 0.5) is 5.82 Å². The molecule has 0 bridgehead atoms. The van der Waals surface area contributed by atoms with E-state index < -0.39 is 0 Å². The maximum Gasteiger partial charge on any atom is 0.229 e. The van der Waals surface area contributed by atoms with Crippen LogP contribution in [0.5, 0.6) is 0 Å². The number of carbonyl (C=O) groups excluding carboxylic acids is 2. The van der Waals surface area contributed by atoms with Gasteiger partial charge in [-0.25, -0.2) is 4.98 Å². The molecule has 176 valence electrons. The average molecular weight is 452 g/mol. The first kappa shape index (κ1) is 20.9. The van der Waals surface area contributed by atoms with Gasteiger partial charge in [-0.2, -0.15) is 9.61 Å². The molecule has 1 saturated carbocycles. The maximum atomic E-state index is 13.2. The van der Waals surface area contributed by atoms with Crippen LogP contribution in [0.2, 0.25) is 0 Å². The quantitative estimate of drug-likeness (QED) is 0.751. The molecule has 2 saturated heterocycles. The first-order chi connectivity index (χ1) is 16.2. The van der Waals surface area contributed by atoms with Gasteiger partial charge in [0.25, 0.3) is 0 Å². The van der Waals surface area contributed by atoms with Gasteiger partial charge in [0.1, 0.15) is 5.82 Å². The highest BCUT2D eigenvalue weighted by Crippen LogP contribution is 2.32. The van der Waals surface area contributed by atoms with Gasteiger partial charge in [0.15, 0.2) is 5.65 Å². The second-order valence-electron chi connectivity index (χ2n) is 9.98. The van der Waals surface area contributed by atoms with Gasteiger partial charge in [-0.05, 0) is 25.8 Å². The van der Waals surface area contributed by atoms with Crippen molar-refractivity contribution in [1.29, 1.82) is 0 Å². The molecule has 0 aromatic carbocycles. The third kappa shape index (κ3) is 3.76. The third-order valence-corrected chi connectivity index (χ3v) is 7.92. The Kier molecular flexibility index (Phi) is 5.44. The van der Waals surface area contributed by atoms with E-state index in [1.54, 1.807) is 6.20 Å². The number of anilines is 1. The standard InChI is InChI=1S/C24H33N7O2/c32-23(17-4-2-1-3-5-17)28-10-12-29(13-11-28)24(33)18-15-30(16-18)22-19-6-8-25-14-20(19)27-21-7-9-26-31(21)22/h7,9,17-18,25H,1-6,8,10-16H2. The Balaban J connectivity index is 1.08. The van der Waals surface area contributed by atoms with Gasteiger partial charge in [-0.3, -0.25) is 9.59 Å². The molecule has 6 rings (SSSR count). The van der Waals surface area contributed by atoms with Gasteiger partial charge >= 0.3 is 0 Å². The molecule has 3 aliphatic heterocycles. The van der Waals surface area contributed by atoms with Crippen molar-refractivity contribution in [2.24, 2.45) is 11.8 Å². The zero-order valence-electron chi connectivity index (χ0n) is 19.2. The van der Waals surface area contributed by atoms with Crippen LogP contribution < -0.4 is 10.2 Å². The van der Waals surface area contributed by atoms with Crippen LogP contribution in [0.3, 0.4) is 0 Å². The minimum atomic E-state index is 0.0155. The zero-order valence-corrected chi connectivity index (χ0v) is 19.2. The summed E-state index contributed by atoms with van der Waals surface area (Å²) >= 11 is 0. The fourth-order valence-electron chi connectivity index (χ4n) is 5.98. The molecule has 2 aromatic rings. The first-order valence-corrected chi connectivity index (χ1v) is 12.6. The summed E-state index contributed by atoms with van der Waals surface area (Å²) < 4.78 is 1.93. The largest absolute Gasteiger partial charge is 0.354 e. The predicted octanol–water partition coefficient (Wildman–Crippen LogP) is 1.06. The number of nitrogens with one attached hydrogen (secondary N) is 1. The number of nitrogens with zero attached hydrogens (tertiary/aromatic N) is 6. The summed E-state index contributed by atoms with van der Waals surface area (Å²) in [6.45, 7) is 5.84. The lowest BCUT2D eigenvalue weighted by Gasteiger charge is -2.44. The van der Waals surface area contributed by atoms with E-state index in [1.807, 2.05) is 20.4 Å². The van der Waals surface area contributed by atoms with Gasteiger partial charge in [0.05, 0.1) is 17.8 Å². The van der Waals surface area contributed by atoms with E-state index in [-0.39, 0.29) is 17.7 Å². The lowest BCUT2D eigenvalue weighted by Crippen LogP contribution is -2.59. The number of piperazine rings is 1. The molecule has 4 aliphatic rings. The lowest BCUT2D eigenvalue weighted by molar-refractivity contribution is -0.145. The predicted molar refractivity (Wildman–Crippen MR) is 124 cm³/mol. The molecule has 2 aromatic heterocycles. The monoisotopic (exact) mass is 451 g/mol.